The van der Waals surface area contributed by atoms with Gasteiger partial charge in [-0.1, -0.05) is 29.8 Å². The van der Waals surface area contributed by atoms with Crippen LogP contribution in [0.2, 0.25) is 5.02 Å². The Bertz CT molecular complexity index is 941. The van der Waals surface area contributed by atoms with Gasteiger partial charge >= 0.3 is 0 Å². The summed E-state index contributed by atoms with van der Waals surface area (Å²) in [5.41, 5.74) is 1.23. The zero-order valence-corrected chi connectivity index (χ0v) is 17.5. The molecule has 1 aliphatic rings. The van der Waals surface area contributed by atoms with E-state index in [-0.39, 0.29) is 31.2 Å². The fraction of sp³-hybridized carbons (Fsp3) is 0.261. The van der Waals surface area contributed by atoms with Crippen LogP contribution in [0.4, 0.5) is 5.69 Å². The lowest BCUT2D eigenvalue weighted by Gasteiger charge is -2.26. The van der Waals surface area contributed by atoms with Crippen LogP contribution in [0.15, 0.2) is 61.2 Å². The van der Waals surface area contributed by atoms with Crippen molar-refractivity contribution >= 4 is 35.0 Å². The second-order valence-corrected chi connectivity index (χ2v) is 7.29. The first-order valence-corrected chi connectivity index (χ1v) is 10.1. The fourth-order valence-electron chi connectivity index (χ4n) is 3.41. The highest BCUT2D eigenvalue weighted by molar-refractivity contribution is 6.30. The lowest BCUT2D eigenvalue weighted by molar-refractivity contribution is -0.137. The predicted molar refractivity (Wildman–Crippen MR) is 116 cm³/mol. The van der Waals surface area contributed by atoms with Crippen molar-refractivity contribution in [1.82, 2.24) is 4.90 Å². The predicted octanol–water partition coefficient (Wildman–Crippen LogP) is 3.63. The third-order valence-corrected chi connectivity index (χ3v) is 5.07. The van der Waals surface area contributed by atoms with Crippen molar-refractivity contribution < 1.29 is 19.1 Å². The second-order valence-electron chi connectivity index (χ2n) is 6.85. The molecular weight excluding hydrogens is 404 g/mol. The van der Waals surface area contributed by atoms with Gasteiger partial charge in [0.1, 0.15) is 11.8 Å². The van der Waals surface area contributed by atoms with Gasteiger partial charge in [-0.3, -0.25) is 14.4 Å². The van der Waals surface area contributed by atoms with Gasteiger partial charge < -0.3 is 9.64 Å². The summed E-state index contributed by atoms with van der Waals surface area (Å²) in [4.78, 5) is 41.2. The first kappa shape index (κ1) is 21.6. The van der Waals surface area contributed by atoms with Crippen molar-refractivity contribution in [2.45, 2.75) is 25.8 Å². The average molecular weight is 427 g/mol. The van der Waals surface area contributed by atoms with E-state index in [1.807, 2.05) is 6.92 Å². The maximum absolute atomic E-state index is 13.1. The molecule has 1 fully saturated rings. The molecule has 2 aromatic carbocycles. The summed E-state index contributed by atoms with van der Waals surface area (Å²) in [5, 5.41) is 0.580. The van der Waals surface area contributed by atoms with Crippen molar-refractivity contribution in [3.63, 3.8) is 0 Å². The van der Waals surface area contributed by atoms with E-state index in [0.29, 0.717) is 23.1 Å². The molecule has 1 unspecified atom stereocenters. The molecule has 1 saturated heterocycles. The first-order valence-electron chi connectivity index (χ1n) is 9.69. The van der Waals surface area contributed by atoms with E-state index in [1.54, 1.807) is 54.6 Å². The molecule has 1 atom stereocenters. The summed E-state index contributed by atoms with van der Waals surface area (Å²) in [6, 6.07) is 12.8. The number of imide groups is 1. The molecule has 3 amide bonds. The van der Waals surface area contributed by atoms with Gasteiger partial charge in [-0.05, 0) is 48.9 Å². The maximum Gasteiger partial charge on any atom is 0.257 e. The Balaban J connectivity index is 1.78. The number of hydrogen-bond acceptors (Lipinski definition) is 4. The Morgan fingerprint density at radius 1 is 1.20 bits per heavy atom. The molecule has 0 aromatic heterocycles. The quantitative estimate of drug-likeness (QED) is 0.477. The zero-order chi connectivity index (χ0) is 21.7. The van der Waals surface area contributed by atoms with E-state index in [2.05, 4.69) is 6.58 Å². The van der Waals surface area contributed by atoms with Crippen LogP contribution in [0.1, 0.15) is 18.9 Å². The van der Waals surface area contributed by atoms with Gasteiger partial charge in [0.25, 0.3) is 5.91 Å². The van der Waals surface area contributed by atoms with E-state index < -0.39 is 11.9 Å². The molecule has 1 heterocycles. The molecule has 0 saturated carbocycles. The molecule has 7 heteroatoms. The molecule has 0 aliphatic carbocycles. The van der Waals surface area contributed by atoms with Crippen molar-refractivity contribution in [3.05, 3.63) is 71.8 Å². The van der Waals surface area contributed by atoms with Crippen LogP contribution >= 0.6 is 11.6 Å². The van der Waals surface area contributed by atoms with Gasteiger partial charge in [-0.15, -0.1) is 6.58 Å². The molecule has 0 N–H and O–H groups in total. The molecule has 156 valence electrons. The third-order valence-electron chi connectivity index (χ3n) is 4.82. The number of anilines is 1. The highest BCUT2D eigenvalue weighted by Crippen LogP contribution is 2.28. The fourth-order valence-corrected chi connectivity index (χ4v) is 3.54. The Kier molecular flexibility index (Phi) is 6.90. The Hall–Kier alpha value is -3.12. The highest BCUT2D eigenvalue weighted by atomic mass is 35.5. The standard InChI is InChI=1S/C23H23ClN2O4/c1-3-13-25(21(27)14-16-5-7-17(24)8-6-16)20-15-22(28)26(23(20)29)18-9-11-19(12-10-18)30-4-2/h3,5-12,20H,1,4,13-15H2,2H3. The molecule has 0 bridgehead atoms. The topological polar surface area (TPSA) is 66.9 Å². The van der Waals surface area contributed by atoms with Gasteiger partial charge in [0.2, 0.25) is 11.8 Å². The monoisotopic (exact) mass is 426 g/mol. The van der Waals surface area contributed by atoms with Gasteiger partial charge in [0.05, 0.1) is 25.1 Å². The molecule has 30 heavy (non-hydrogen) atoms. The summed E-state index contributed by atoms with van der Waals surface area (Å²) in [7, 11) is 0. The van der Waals surface area contributed by atoms with E-state index in [9.17, 15) is 14.4 Å². The first-order chi connectivity index (χ1) is 14.4. The van der Waals surface area contributed by atoms with Gasteiger partial charge in [0, 0.05) is 11.6 Å². The number of rotatable bonds is 8. The van der Waals surface area contributed by atoms with E-state index in [4.69, 9.17) is 16.3 Å². The smallest absolute Gasteiger partial charge is 0.257 e. The van der Waals surface area contributed by atoms with E-state index in [0.717, 1.165) is 10.5 Å². The number of benzene rings is 2. The minimum atomic E-state index is -0.859. The van der Waals surface area contributed by atoms with Gasteiger partial charge in [-0.25, -0.2) is 4.90 Å². The minimum absolute atomic E-state index is 0.0633. The van der Waals surface area contributed by atoms with Crippen molar-refractivity contribution in [2.75, 3.05) is 18.1 Å². The molecular formula is C23H23ClN2O4. The molecule has 2 aromatic rings. The van der Waals surface area contributed by atoms with Crippen LogP contribution in [0.5, 0.6) is 5.75 Å². The normalized spacial score (nSPS) is 15.9. The summed E-state index contributed by atoms with van der Waals surface area (Å²) >= 11 is 5.90. The Labute approximate surface area is 180 Å². The van der Waals surface area contributed by atoms with Crippen LogP contribution in [-0.2, 0) is 20.8 Å². The molecule has 1 aliphatic heterocycles. The number of ether oxygens (including phenoxy) is 1. The second kappa shape index (κ2) is 9.59. The average Bonchev–Trinajstić information content (AvgIpc) is 3.02. The van der Waals surface area contributed by atoms with Crippen molar-refractivity contribution in [2.24, 2.45) is 0 Å². The summed E-state index contributed by atoms with van der Waals surface area (Å²) in [6.07, 6.45) is 1.59. The number of nitrogens with zero attached hydrogens (tertiary/aromatic N) is 2. The zero-order valence-electron chi connectivity index (χ0n) is 16.7. The van der Waals surface area contributed by atoms with Gasteiger partial charge in [0.15, 0.2) is 0 Å². The van der Waals surface area contributed by atoms with Crippen LogP contribution in [0.25, 0.3) is 0 Å². The lowest BCUT2D eigenvalue weighted by Crippen LogP contribution is -2.46. The van der Waals surface area contributed by atoms with Crippen molar-refractivity contribution in [3.8, 4) is 5.75 Å². The van der Waals surface area contributed by atoms with E-state index >= 15 is 0 Å². The summed E-state index contributed by atoms with van der Waals surface area (Å²) < 4.78 is 5.40. The van der Waals surface area contributed by atoms with E-state index in [1.165, 1.54) is 4.90 Å². The highest BCUT2D eigenvalue weighted by Gasteiger charge is 2.43. The number of amides is 3. The SMILES string of the molecule is C=CCN(C(=O)Cc1ccc(Cl)cc1)C1CC(=O)N(c2ccc(OCC)cc2)C1=O. The maximum atomic E-state index is 13.1. The molecule has 6 nitrogen and oxygen atoms in total. The van der Waals surface area contributed by atoms with Gasteiger partial charge in [-0.2, -0.15) is 0 Å². The minimum Gasteiger partial charge on any atom is -0.494 e. The number of hydrogen-bond donors (Lipinski definition) is 0. The van der Waals surface area contributed by atoms with Crippen LogP contribution in [-0.4, -0.2) is 41.8 Å². The Morgan fingerprint density at radius 2 is 1.87 bits per heavy atom. The number of carbonyl (C=O) groups excluding carboxylic acids is 3. The Morgan fingerprint density at radius 3 is 2.47 bits per heavy atom. The lowest BCUT2D eigenvalue weighted by atomic mass is 10.1. The molecule has 0 radical (unpaired) electrons. The molecule has 3 rings (SSSR count). The van der Waals surface area contributed by atoms with Crippen LogP contribution in [0, 0.1) is 0 Å². The summed E-state index contributed by atoms with van der Waals surface area (Å²) in [6.45, 7) is 6.26. The largest absolute Gasteiger partial charge is 0.494 e. The third kappa shape index (κ3) is 4.71. The van der Waals surface area contributed by atoms with Crippen molar-refractivity contribution in [1.29, 1.82) is 0 Å². The van der Waals surface area contributed by atoms with Crippen LogP contribution < -0.4 is 9.64 Å². The molecule has 0 spiro atoms. The number of carbonyl (C=O) groups is 3. The summed E-state index contributed by atoms with van der Waals surface area (Å²) in [5.74, 6) is -0.363. The number of halogens is 1. The van der Waals surface area contributed by atoms with Crippen LogP contribution in [0.3, 0.4) is 0 Å².